The zero-order valence-corrected chi connectivity index (χ0v) is 24.7. The summed E-state index contributed by atoms with van der Waals surface area (Å²) in [6, 6.07) is 7.17. The van der Waals surface area contributed by atoms with Gasteiger partial charge >= 0.3 is 0 Å². The van der Waals surface area contributed by atoms with Crippen LogP contribution in [0.3, 0.4) is 0 Å². The molecule has 3 aromatic heterocycles. The number of hydrogen-bond donors (Lipinski definition) is 0. The molecular weight excluding hydrogens is 487 g/mol. The number of rotatable bonds is 8. The molecule has 186 valence electrons. The van der Waals surface area contributed by atoms with Gasteiger partial charge in [0.1, 0.15) is 25.6 Å². The molecule has 0 aromatic carbocycles. The van der Waals surface area contributed by atoms with Crippen LogP contribution in [0.4, 0.5) is 10.9 Å². The van der Waals surface area contributed by atoms with E-state index in [1.807, 2.05) is 24.4 Å². The van der Waals surface area contributed by atoms with E-state index < -0.39 is 16.1 Å². The molecule has 0 bridgehead atoms. The van der Waals surface area contributed by atoms with Crippen LogP contribution in [-0.2, 0) is 4.74 Å². The highest BCUT2D eigenvalue weighted by Crippen LogP contribution is 2.38. The van der Waals surface area contributed by atoms with E-state index in [-0.39, 0.29) is 0 Å². The number of ether oxygens (including phenoxy) is 1. The van der Waals surface area contributed by atoms with Crippen molar-refractivity contribution in [1.82, 2.24) is 20.2 Å². The molecular formula is C26H37N5OSSi2. The third-order valence-corrected chi connectivity index (χ3v) is 9.65. The topological polar surface area (TPSA) is 64.0 Å². The van der Waals surface area contributed by atoms with Gasteiger partial charge in [0.2, 0.25) is 5.13 Å². The van der Waals surface area contributed by atoms with Crippen LogP contribution in [0.1, 0.15) is 42.2 Å². The Kier molecular flexibility index (Phi) is 8.06. The summed E-state index contributed by atoms with van der Waals surface area (Å²) in [6.07, 6.45) is 6.83. The van der Waals surface area contributed by atoms with E-state index in [2.05, 4.69) is 70.8 Å². The maximum atomic E-state index is 6.15. The number of anilines is 2. The second kappa shape index (κ2) is 10.9. The predicted molar refractivity (Wildman–Crippen MR) is 152 cm³/mol. The van der Waals surface area contributed by atoms with Gasteiger partial charge in [-0.1, -0.05) is 69.4 Å². The minimum absolute atomic E-state index is 0.408. The lowest BCUT2D eigenvalue weighted by Gasteiger charge is -2.22. The standard InChI is InChI=1S/C26H37N5OSSi2/c1-34(2,3)15-13-20-17-23-22(27-18-20)11-12-24(28-23)31(19-32-14-16-35(4,5)6)26-30-29-25(33-26)21-9-7-8-10-21/h11-12,17-18,21H,7-10,14,16,19H2,1-6H3. The molecule has 0 radical (unpaired) electrons. The summed E-state index contributed by atoms with van der Waals surface area (Å²) in [7, 11) is -2.64. The first-order chi connectivity index (χ1) is 16.6. The van der Waals surface area contributed by atoms with Gasteiger partial charge in [0, 0.05) is 32.4 Å². The molecule has 6 nitrogen and oxygen atoms in total. The van der Waals surface area contributed by atoms with Gasteiger partial charge in [-0.3, -0.25) is 9.88 Å². The monoisotopic (exact) mass is 523 g/mol. The molecule has 1 fully saturated rings. The fourth-order valence-corrected chi connectivity index (χ4v) is 6.19. The van der Waals surface area contributed by atoms with Gasteiger partial charge in [0.25, 0.3) is 0 Å². The van der Waals surface area contributed by atoms with Gasteiger partial charge in [-0.15, -0.1) is 15.7 Å². The summed E-state index contributed by atoms with van der Waals surface area (Å²) < 4.78 is 6.15. The Hall–Kier alpha value is -2.13. The molecule has 0 spiro atoms. The lowest BCUT2D eigenvalue weighted by molar-refractivity contribution is 0.153. The summed E-state index contributed by atoms with van der Waals surface area (Å²) >= 11 is 1.68. The van der Waals surface area contributed by atoms with Crippen LogP contribution in [0, 0.1) is 11.5 Å². The van der Waals surface area contributed by atoms with Crippen molar-refractivity contribution in [2.45, 2.75) is 76.9 Å². The normalized spacial score (nSPS) is 14.8. The van der Waals surface area contributed by atoms with Crippen LogP contribution in [0.5, 0.6) is 0 Å². The molecule has 3 heterocycles. The van der Waals surface area contributed by atoms with Gasteiger partial charge in [0.15, 0.2) is 0 Å². The van der Waals surface area contributed by atoms with Gasteiger partial charge in [-0.2, -0.15) is 0 Å². The first-order valence-corrected chi connectivity index (χ1v) is 20.6. The molecule has 0 N–H and O–H groups in total. The lowest BCUT2D eigenvalue weighted by Crippen LogP contribution is -2.26. The lowest BCUT2D eigenvalue weighted by atomic mass is 10.1. The van der Waals surface area contributed by atoms with Crippen molar-refractivity contribution in [3.8, 4) is 11.5 Å². The van der Waals surface area contributed by atoms with E-state index in [0.717, 1.165) is 45.2 Å². The average Bonchev–Trinajstić information content (AvgIpc) is 3.48. The maximum absolute atomic E-state index is 6.15. The molecule has 35 heavy (non-hydrogen) atoms. The number of aromatic nitrogens is 4. The van der Waals surface area contributed by atoms with Crippen molar-refractivity contribution in [2.75, 3.05) is 18.2 Å². The molecule has 0 amide bonds. The van der Waals surface area contributed by atoms with Gasteiger partial charge in [-0.05, 0) is 37.1 Å². The van der Waals surface area contributed by atoms with Gasteiger partial charge < -0.3 is 4.74 Å². The first kappa shape index (κ1) is 26.0. The van der Waals surface area contributed by atoms with Crippen molar-refractivity contribution in [3.63, 3.8) is 0 Å². The minimum Gasteiger partial charge on any atom is -0.361 e. The van der Waals surface area contributed by atoms with Crippen molar-refractivity contribution >= 4 is 49.5 Å². The second-order valence-corrected chi connectivity index (χ2v) is 23.0. The molecule has 1 saturated carbocycles. The summed E-state index contributed by atoms with van der Waals surface area (Å²) in [5, 5.41) is 11.1. The van der Waals surface area contributed by atoms with Crippen LogP contribution in [0.25, 0.3) is 11.0 Å². The highest BCUT2D eigenvalue weighted by atomic mass is 32.1. The van der Waals surface area contributed by atoms with E-state index >= 15 is 0 Å². The predicted octanol–water partition coefficient (Wildman–Crippen LogP) is 6.82. The SMILES string of the molecule is C[Si](C)(C)C#Cc1cnc2ccc(N(COCC[Si](C)(C)C)c3nnc(C4CCCC4)s3)nc2c1. The Labute approximate surface area is 215 Å². The fraction of sp³-hybridized carbons (Fsp3) is 0.538. The molecule has 0 atom stereocenters. The number of hydrogen-bond acceptors (Lipinski definition) is 7. The van der Waals surface area contributed by atoms with Crippen LogP contribution < -0.4 is 4.90 Å². The van der Waals surface area contributed by atoms with Gasteiger partial charge in [-0.25, -0.2) is 4.98 Å². The second-order valence-electron chi connectivity index (χ2n) is 11.6. The number of fused-ring (bicyclic) bond motifs is 1. The molecule has 0 aliphatic heterocycles. The van der Waals surface area contributed by atoms with E-state index in [0.29, 0.717) is 12.6 Å². The highest BCUT2D eigenvalue weighted by molar-refractivity contribution is 7.15. The molecule has 1 aliphatic carbocycles. The summed E-state index contributed by atoms with van der Waals surface area (Å²) in [5.41, 5.74) is 6.01. The maximum Gasteiger partial charge on any atom is 0.215 e. The smallest absolute Gasteiger partial charge is 0.215 e. The first-order valence-electron chi connectivity index (χ1n) is 12.6. The van der Waals surface area contributed by atoms with E-state index in [1.165, 1.54) is 25.7 Å². The Morgan fingerprint density at radius 1 is 1.06 bits per heavy atom. The highest BCUT2D eigenvalue weighted by Gasteiger charge is 2.24. The van der Waals surface area contributed by atoms with Crippen molar-refractivity contribution in [2.24, 2.45) is 0 Å². The summed E-state index contributed by atoms with van der Waals surface area (Å²) in [4.78, 5) is 11.6. The van der Waals surface area contributed by atoms with Crippen molar-refractivity contribution in [1.29, 1.82) is 0 Å². The van der Waals surface area contributed by atoms with Crippen molar-refractivity contribution < 1.29 is 4.74 Å². The molecule has 3 aromatic rings. The Balaban J connectivity index is 1.63. The molecule has 0 unspecified atom stereocenters. The largest absolute Gasteiger partial charge is 0.361 e. The van der Waals surface area contributed by atoms with E-state index in [1.54, 1.807) is 11.3 Å². The zero-order chi connectivity index (χ0) is 25.1. The van der Waals surface area contributed by atoms with Crippen LogP contribution in [0.15, 0.2) is 24.4 Å². The summed E-state index contributed by atoms with van der Waals surface area (Å²) in [6.45, 7) is 15.0. The van der Waals surface area contributed by atoms with E-state index in [4.69, 9.17) is 9.72 Å². The Morgan fingerprint density at radius 2 is 1.83 bits per heavy atom. The molecule has 1 aliphatic rings. The third kappa shape index (κ3) is 7.43. The molecule has 9 heteroatoms. The molecule has 4 rings (SSSR count). The molecule has 0 saturated heterocycles. The van der Waals surface area contributed by atoms with Crippen molar-refractivity contribution in [3.05, 3.63) is 35.0 Å². The van der Waals surface area contributed by atoms with Crippen LogP contribution in [-0.4, -0.2) is 49.7 Å². The Bertz CT molecular complexity index is 1220. The summed E-state index contributed by atoms with van der Waals surface area (Å²) in [5.74, 6) is 4.64. The quantitative estimate of drug-likeness (QED) is 0.140. The van der Waals surface area contributed by atoms with Gasteiger partial charge in [0.05, 0.1) is 11.0 Å². The minimum atomic E-state index is -1.47. The van der Waals surface area contributed by atoms with Crippen LogP contribution in [0.2, 0.25) is 45.3 Å². The fourth-order valence-electron chi connectivity index (χ4n) is 3.90. The average molecular weight is 524 g/mol. The number of pyridine rings is 2. The van der Waals surface area contributed by atoms with E-state index in [9.17, 15) is 0 Å². The van der Waals surface area contributed by atoms with Crippen LogP contribution >= 0.6 is 11.3 Å². The zero-order valence-electron chi connectivity index (χ0n) is 21.9. The number of nitrogens with zero attached hydrogens (tertiary/aromatic N) is 5. The third-order valence-electron chi connectivity index (χ3n) is 5.96. The Morgan fingerprint density at radius 3 is 2.54 bits per heavy atom.